The SMILES string of the molecule is O=C(O)C1CCNCC1C1CCCCC1. The van der Waals surface area contributed by atoms with E-state index in [1.165, 1.54) is 32.1 Å². The fourth-order valence-corrected chi connectivity index (χ4v) is 3.25. The van der Waals surface area contributed by atoms with Crippen molar-refractivity contribution in [2.45, 2.75) is 38.5 Å². The van der Waals surface area contributed by atoms with E-state index in [0.29, 0.717) is 11.8 Å². The second kappa shape index (κ2) is 4.97. The van der Waals surface area contributed by atoms with Gasteiger partial charge in [-0.15, -0.1) is 0 Å². The zero-order valence-electron chi connectivity index (χ0n) is 9.24. The van der Waals surface area contributed by atoms with E-state index in [9.17, 15) is 9.90 Å². The number of nitrogens with one attached hydrogen (secondary N) is 1. The van der Waals surface area contributed by atoms with Gasteiger partial charge in [-0.1, -0.05) is 32.1 Å². The van der Waals surface area contributed by atoms with Crippen molar-refractivity contribution in [3.05, 3.63) is 0 Å². The van der Waals surface area contributed by atoms with Crippen LogP contribution in [0.25, 0.3) is 0 Å². The molecule has 3 heteroatoms. The van der Waals surface area contributed by atoms with Crippen molar-refractivity contribution in [2.75, 3.05) is 13.1 Å². The zero-order chi connectivity index (χ0) is 10.7. The van der Waals surface area contributed by atoms with Gasteiger partial charge in [0.25, 0.3) is 0 Å². The Labute approximate surface area is 91.2 Å². The smallest absolute Gasteiger partial charge is 0.306 e. The topological polar surface area (TPSA) is 49.3 Å². The van der Waals surface area contributed by atoms with Gasteiger partial charge in [-0.05, 0) is 31.3 Å². The first kappa shape index (κ1) is 10.9. The van der Waals surface area contributed by atoms with Crippen LogP contribution in [-0.4, -0.2) is 24.2 Å². The lowest BCUT2D eigenvalue weighted by molar-refractivity contribution is -0.145. The van der Waals surface area contributed by atoms with E-state index in [-0.39, 0.29) is 5.92 Å². The fraction of sp³-hybridized carbons (Fsp3) is 0.917. The molecule has 0 aromatic heterocycles. The van der Waals surface area contributed by atoms with Crippen LogP contribution in [0.5, 0.6) is 0 Å². The Morgan fingerprint density at radius 3 is 2.53 bits per heavy atom. The Morgan fingerprint density at radius 1 is 1.13 bits per heavy atom. The molecule has 0 amide bonds. The Balaban J connectivity index is 1.99. The summed E-state index contributed by atoms with van der Waals surface area (Å²) in [5, 5.41) is 12.6. The van der Waals surface area contributed by atoms with Crippen LogP contribution in [0.15, 0.2) is 0 Å². The van der Waals surface area contributed by atoms with Crippen LogP contribution in [0.3, 0.4) is 0 Å². The number of carbonyl (C=O) groups is 1. The number of carboxylic acids is 1. The highest BCUT2D eigenvalue weighted by atomic mass is 16.4. The van der Waals surface area contributed by atoms with Crippen molar-refractivity contribution in [3.63, 3.8) is 0 Å². The summed E-state index contributed by atoms with van der Waals surface area (Å²) in [7, 11) is 0. The minimum absolute atomic E-state index is 0.0886. The molecular weight excluding hydrogens is 190 g/mol. The van der Waals surface area contributed by atoms with E-state index in [1.807, 2.05) is 0 Å². The van der Waals surface area contributed by atoms with Gasteiger partial charge in [-0.25, -0.2) is 0 Å². The van der Waals surface area contributed by atoms with Gasteiger partial charge in [0, 0.05) is 0 Å². The maximum atomic E-state index is 11.2. The maximum Gasteiger partial charge on any atom is 0.306 e. The average molecular weight is 211 g/mol. The average Bonchev–Trinajstić information content (AvgIpc) is 2.30. The van der Waals surface area contributed by atoms with Gasteiger partial charge in [-0.3, -0.25) is 4.79 Å². The first-order chi connectivity index (χ1) is 7.29. The van der Waals surface area contributed by atoms with Crippen molar-refractivity contribution in [1.29, 1.82) is 0 Å². The molecule has 2 aliphatic rings. The third-order valence-electron chi connectivity index (χ3n) is 4.10. The summed E-state index contributed by atoms with van der Waals surface area (Å²) < 4.78 is 0. The summed E-state index contributed by atoms with van der Waals surface area (Å²) in [4.78, 5) is 11.2. The van der Waals surface area contributed by atoms with E-state index in [0.717, 1.165) is 19.5 Å². The summed E-state index contributed by atoms with van der Waals surface area (Å²) in [5.41, 5.74) is 0. The van der Waals surface area contributed by atoms with Crippen molar-refractivity contribution in [2.24, 2.45) is 17.8 Å². The Bertz CT molecular complexity index is 224. The van der Waals surface area contributed by atoms with Gasteiger partial charge >= 0.3 is 5.97 Å². The molecule has 1 heterocycles. The van der Waals surface area contributed by atoms with E-state index in [4.69, 9.17) is 0 Å². The van der Waals surface area contributed by atoms with E-state index < -0.39 is 5.97 Å². The van der Waals surface area contributed by atoms with Gasteiger partial charge in [0.1, 0.15) is 0 Å². The molecule has 0 aromatic rings. The highest BCUT2D eigenvalue weighted by molar-refractivity contribution is 5.70. The molecule has 2 rings (SSSR count). The molecular formula is C12H21NO2. The van der Waals surface area contributed by atoms with Crippen molar-refractivity contribution < 1.29 is 9.90 Å². The van der Waals surface area contributed by atoms with Crippen molar-refractivity contribution >= 4 is 5.97 Å². The predicted octanol–water partition coefficient (Wildman–Crippen LogP) is 1.88. The zero-order valence-corrected chi connectivity index (χ0v) is 9.24. The molecule has 3 nitrogen and oxygen atoms in total. The van der Waals surface area contributed by atoms with Gasteiger partial charge in [0.05, 0.1) is 5.92 Å². The highest BCUT2D eigenvalue weighted by Crippen LogP contribution is 2.36. The molecule has 2 unspecified atom stereocenters. The predicted molar refractivity (Wildman–Crippen MR) is 58.7 cm³/mol. The van der Waals surface area contributed by atoms with Gasteiger partial charge in [0.2, 0.25) is 0 Å². The molecule has 0 aromatic carbocycles. The lowest BCUT2D eigenvalue weighted by atomic mass is 9.72. The molecule has 0 bridgehead atoms. The monoisotopic (exact) mass is 211 g/mol. The number of hydrogen-bond acceptors (Lipinski definition) is 2. The summed E-state index contributed by atoms with van der Waals surface area (Å²) in [6.07, 6.45) is 7.25. The Hall–Kier alpha value is -0.570. The van der Waals surface area contributed by atoms with Crippen LogP contribution in [0.1, 0.15) is 38.5 Å². The van der Waals surface area contributed by atoms with Crippen molar-refractivity contribution in [3.8, 4) is 0 Å². The third-order valence-corrected chi connectivity index (χ3v) is 4.10. The second-order valence-corrected chi connectivity index (χ2v) is 5.00. The molecule has 1 saturated heterocycles. The molecule has 1 saturated carbocycles. The van der Waals surface area contributed by atoms with E-state index in [2.05, 4.69) is 5.32 Å². The Kier molecular flexibility index (Phi) is 3.62. The fourth-order valence-electron chi connectivity index (χ4n) is 3.25. The van der Waals surface area contributed by atoms with Gasteiger partial charge < -0.3 is 10.4 Å². The minimum Gasteiger partial charge on any atom is -0.481 e. The molecule has 15 heavy (non-hydrogen) atoms. The molecule has 0 radical (unpaired) electrons. The number of aliphatic carboxylic acids is 1. The first-order valence-electron chi connectivity index (χ1n) is 6.22. The van der Waals surface area contributed by atoms with E-state index >= 15 is 0 Å². The largest absolute Gasteiger partial charge is 0.481 e. The van der Waals surface area contributed by atoms with Crippen molar-refractivity contribution in [1.82, 2.24) is 5.32 Å². The molecule has 2 fully saturated rings. The standard InChI is InChI=1S/C12H21NO2/c14-12(15)10-6-7-13-8-11(10)9-4-2-1-3-5-9/h9-11,13H,1-8H2,(H,14,15). The van der Waals surface area contributed by atoms with E-state index in [1.54, 1.807) is 0 Å². The van der Waals surface area contributed by atoms with Crippen LogP contribution >= 0.6 is 0 Å². The normalized spacial score (nSPS) is 33.9. The second-order valence-electron chi connectivity index (χ2n) is 5.00. The molecule has 1 aliphatic heterocycles. The lowest BCUT2D eigenvalue weighted by Gasteiger charge is -2.37. The van der Waals surface area contributed by atoms with Crippen LogP contribution in [0.2, 0.25) is 0 Å². The van der Waals surface area contributed by atoms with Crippen LogP contribution in [0, 0.1) is 17.8 Å². The number of carboxylic acid groups (broad SMARTS) is 1. The molecule has 0 spiro atoms. The Morgan fingerprint density at radius 2 is 1.87 bits per heavy atom. The minimum atomic E-state index is -0.577. The quantitative estimate of drug-likeness (QED) is 0.733. The molecule has 1 aliphatic carbocycles. The molecule has 2 N–H and O–H groups in total. The van der Waals surface area contributed by atoms with Gasteiger partial charge in [0.15, 0.2) is 0 Å². The first-order valence-corrected chi connectivity index (χ1v) is 6.22. The number of piperidine rings is 1. The number of hydrogen-bond donors (Lipinski definition) is 2. The van der Waals surface area contributed by atoms with Crippen LogP contribution in [-0.2, 0) is 4.79 Å². The van der Waals surface area contributed by atoms with Gasteiger partial charge in [-0.2, -0.15) is 0 Å². The molecule has 2 atom stereocenters. The molecule has 86 valence electrons. The summed E-state index contributed by atoms with van der Waals surface area (Å²) >= 11 is 0. The third kappa shape index (κ3) is 2.51. The lowest BCUT2D eigenvalue weighted by Crippen LogP contribution is -2.44. The number of rotatable bonds is 2. The summed E-state index contributed by atoms with van der Waals surface area (Å²) in [6, 6.07) is 0. The summed E-state index contributed by atoms with van der Waals surface area (Å²) in [6.45, 7) is 1.79. The maximum absolute atomic E-state index is 11.2. The van der Waals surface area contributed by atoms with Crippen LogP contribution < -0.4 is 5.32 Å². The summed E-state index contributed by atoms with van der Waals surface area (Å²) in [5.74, 6) is 0.380. The van der Waals surface area contributed by atoms with Crippen LogP contribution in [0.4, 0.5) is 0 Å². The highest BCUT2D eigenvalue weighted by Gasteiger charge is 2.36.